The Kier molecular flexibility index (Phi) is 7.00. The van der Waals surface area contributed by atoms with E-state index in [0.717, 1.165) is 29.7 Å². The molecule has 0 amide bonds. The van der Waals surface area contributed by atoms with Crippen molar-refractivity contribution in [2.45, 2.75) is 79.4 Å². The molecule has 1 aromatic heterocycles. The van der Waals surface area contributed by atoms with E-state index in [2.05, 4.69) is 49.4 Å². The van der Waals surface area contributed by atoms with E-state index in [-0.39, 0.29) is 5.97 Å². The van der Waals surface area contributed by atoms with E-state index >= 15 is 0 Å². The van der Waals surface area contributed by atoms with Gasteiger partial charge in [0.25, 0.3) is 0 Å². The van der Waals surface area contributed by atoms with Crippen LogP contribution in [0.2, 0.25) is 0 Å². The normalized spacial score (nSPS) is 18.4. The number of esters is 1. The Bertz CT molecular complexity index is 695. The predicted molar refractivity (Wildman–Crippen MR) is 118 cm³/mol. The Morgan fingerprint density at radius 2 is 2.04 bits per heavy atom. The molecule has 3 nitrogen and oxygen atoms in total. The number of thiophene rings is 1. The standard InChI is InChI=1S/C21H31IO3S/c1-8-24-19(23)17(25-20(3,4)5)15-13(2)26-18(22)16(15)14-9-11-21(6,7)12-10-14/h9,17H,8,10-12H2,1-7H3. The fourth-order valence-electron chi connectivity index (χ4n) is 3.24. The first kappa shape index (κ1) is 21.9. The molecule has 1 unspecified atom stereocenters. The van der Waals surface area contributed by atoms with E-state index < -0.39 is 11.7 Å². The number of ether oxygens (including phenoxy) is 2. The monoisotopic (exact) mass is 490 g/mol. The van der Waals surface area contributed by atoms with Gasteiger partial charge in [-0.15, -0.1) is 11.3 Å². The largest absolute Gasteiger partial charge is 0.464 e. The summed E-state index contributed by atoms with van der Waals surface area (Å²) in [4.78, 5) is 13.9. The van der Waals surface area contributed by atoms with Gasteiger partial charge in [-0.25, -0.2) is 4.79 Å². The zero-order valence-electron chi connectivity index (χ0n) is 17.0. The fraction of sp³-hybridized carbons (Fsp3) is 0.667. The summed E-state index contributed by atoms with van der Waals surface area (Å²) in [6, 6.07) is 0. The molecule has 0 fully saturated rings. The highest BCUT2D eigenvalue weighted by molar-refractivity contribution is 14.1. The van der Waals surface area contributed by atoms with Gasteiger partial charge in [0.2, 0.25) is 0 Å². The molecule has 1 atom stereocenters. The van der Waals surface area contributed by atoms with Crippen LogP contribution in [0.1, 0.15) is 82.9 Å². The minimum Gasteiger partial charge on any atom is -0.464 e. The Morgan fingerprint density at radius 3 is 2.54 bits per heavy atom. The summed E-state index contributed by atoms with van der Waals surface area (Å²) in [5, 5.41) is 0. The average molecular weight is 490 g/mol. The third-order valence-corrected chi connectivity index (χ3v) is 6.72. The molecule has 0 radical (unpaired) electrons. The average Bonchev–Trinajstić information content (AvgIpc) is 2.78. The highest BCUT2D eigenvalue weighted by Crippen LogP contribution is 2.46. The maximum Gasteiger partial charge on any atom is 0.340 e. The Morgan fingerprint density at radius 1 is 1.38 bits per heavy atom. The lowest BCUT2D eigenvalue weighted by Gasteiger charge is -2.31. The second-order valence-electron chi connectivity index (χ2n) is 8.68. The Hall–Kier alpha value is -0.400. The molecule has 5 heteroatoms. The van der Waals surface area contributed by atoms with Gasteiger partial charge in [-0.05, 0) is 87.5 Å². The number of hydrogen-bond donors (Lipinski definition) is 0. The van der Waals surface area contributed by atoms with Crippen molar-refractivity contribution in [2.24, 2.45) is 5.41 Å². The number of aryl methyl sites for hydroxylation is 1. The molecule has 1 aromatic rings. The molecule has 146 valence electrons. The number of rotatable bonds is 5. The van der Waals surface area contributed by atoms with Crippen molar-refractivity contribution < 1.29 is 14.3 Å². The maximum atomic E-state index is 12.8. The van der Waals surface area contributed by atoms with Crippen LogP contribution in [-0.2, 0) is 14.3 Å². The third kappa shape index (κ3) is 5.32. The van der Waals surface area contributed by atoms with Crippen LogP contribution >= 0.6 is 33.9 Å². The SMILES string of the molecule is CCOC(=O)C(OC(C)(C)C)c1c(C)sc(I)c1C1=CCC(C)(C)CC1. The van der Waals surface area contributed by atoms with Gasteiger partial charge >= 0.3 is 5.97 Å². The maximum absolute atomic E-state index is 12.8. The summed E-state index contributed by atoms with van der Waals surface area (Å²) >= 11 is 4.14. The molecule has 0 bridgehead atoms. The van der Waals surface area contributed by atoms with Crippen LogP contribution < -0.4 is 0 Å². The highest BCUT2D eigenvalue weighted by atomic mass is 127. The van der Waals surface area contributed by atoms with E-state index in [1.807, 2.05) is 27.7 Å². The topological polar surface area (TPSA) is 35.5 Å². The van der Waals surface area contributed by atoms with E-state index in [1.54, 1.807) is 11.3 Å². The minimum absolute atomic E-state index is 0.294. The zero-order valence-corrected chi connectivity index (χ0v) is 20.0. The van der Waals surface area contributed by atoms with E-state index in [4.69, 9.17) is 9.47 Å². The van der Waals surface area contributed by atoms with Crippen molar-refractivity contribution in [3.63, 3.8) is 0 Å². The predicted octanol–water partition coefficient (Wildman–Crippen LogP) is 6.67. The molecule has 0 saturated carbocycles. The first-order valence-corrected chi connectivity index (χ1v) is 11.2. The second kappa shape index (κ2) is 8.31. The molecular weight excluding hydrogens is 459 g/mol. The summed E-state index contributed by atoms with van der Waals surface area (Å²) in [5.74, 6) is -0.294. The molecule has 1 aliphatic rings. The Balaban J connectivity index is 2.52. The van der Waals surface area contributed by atoms with Gasteiger partial charge < -0.3 is 9.47 Å². The van der Waals surface area contributed by atoms with Crippen molar-refractivity contribution >= 4 is 45.5 Å². The first-order chi connectivity index (χ1) is 11.9. The van der Waals surface area contributed by atoms with Crippen molar-refractivity contribution in [1.82, 2.24) is 0 Å². The second-order valence-corrected chi connectivity index (χ2v) is 11.7. The smallest absolute Gasteiger partial charge is 0.340 e. The lowest BCUT2D eigenvalue weighted by molar-refractivity contribution is -0.166. The summed E-state index contributed by atoms with van der Waals surface area (Å²) in [7, 11) is 0. The van der Waals surface area contributed by atoms with Gasteiger partial charge in [0.15, 0.2) is 6.10 Å². The number of allylic oxidation sites excluding steroid dienone is 2. The molecule has 2 rings (SSSR count). The summed E-state index contributed by atoms with van der Waals surface area (Å²) in [6.45, 7) is 14.8. The molecule has 0 saturated heterocycles. The number of halogens is 1. The van der Waals surface area contributed by atoms with Crippen molar-refractivity contribution in [2.75, 3.05) is 6.61 Å². The van der Waals surface area contributed by atoms with Gasteiger partial charge in [0, 0.05) is 16.0 Å². The van der Waals surface area contributed by atoms with Crippen molar-refractivity contribution in [3.8, 4) is 0 Å². The third-order valence-electron chi connectivity index (χ3n) is 4.62. The van der Waals surface area contributed by atoms with Crippen LogP contribution in [0.4, 0.5) is 0 Å². The molecule has 0 spiro atoms. The highest BCUT2D eigenvalue weighted by Gasteiger charge is 2.35. The minimum atomic E-state index is -0.680. The molecule has 1 heterocycles. The fourth-order valence-corrected chi connectivity index (χ4v) is 5.80. The molecule has 0 N–H and O–H groups in total. The van der Waals surface area contributed by atoms with E-state index in [1.165, 1.54) is 14.0 Å². The number of carbonyl (C=O) groups is 1. The van der Waals surface area contributed by atoms with Crippen LogP contribution in [0, 0.1) is 15.2 Å². The van der Waals surface area contributed by atoms with Crippen molar-refractivity contribution in [3.05, 3.63) is 25.0 Å². The van der Waals surface area contributed by atoms with E-state index in [0.29, 0.717) is 12.0 Å². The zero-order chi connectivity index (χ0) is 19.7. The van der Waals surface area contributed by atoms with Gasteiger partial charge in [0.1, 0.15) is 0 Å². The van der Waals surface area contributed by atoms with Gasteiger partial charge in [-0.1, -0.05) is 19.9 Å². The molecule has 0 aromatic carbocycles. The summed E-state index contributed by atoms with van der Waals surface area (Å²) in [6.07, 6.45) is 4.94. The van der Waals surface area contributed by atoms with E-state index in [9.17, 15) is 4.79 Å². The Labute approximate surface area is 175 Å². The molecule has 0 aliphatic heterocycles. The lowest BCUT2D eigenvalue weighted by Crippen LogP contribution is -2.29. The lowest BCUT2D eigenvalue weighted by atomic mass is 9.76. The van der Waals surface area contributed by atoms with Crippen LogP contribution in [0.15, 0.2) is 6.08 Å². The number of hydrogen-bond acceptors (Lipinski definition) is 4. The van der Waals surface area contributed by atoms with Gasteiger partial charge in [0.05, 0.1) is 15.1 Å². The molecular formula is C21H31IO3S. The van der Waals surface area contributed by atoms with Crippen molar-refractivity contribution in [1.29, 1.82) is 0 Å². The molecule has 26 heavy (non-hydrogen) atoms. The summed E-state index contributed by atoms with van der Waals surface area (Å²) < 4.78 is 12.8. The van der Waals surface area contributed by atoms with Crippen LogP contribution in [0.5, 0.6) is 0 Å². The number of carbonyl (C=O) groups excluding carboxylic acids is 1. The molecule has 1 aliphatic carbocycles. The summed E-state index contributed by atoms with van der Waals surface area (Å²) in [5.41, 5.74) is 3.46. The van der Waals surface area contributed by atoms with Crippen LogP contribution in [-0.4, -0.2) is 18.2 Å². The van der Waals surface area contributed by atoms with Crippen LogP contribution in [0.3, 0.4) is 0 Å². The first-order valence-electron chi connectivity index (χ1n) is 9.28. The van der Waals surface area contributed by atoms with Gasteiger partial charge in [-0.2, -0.15) is 0 Å². The van der Waals surface area contributed by atoms with Crippen LogP contribution in [0.25, 0.3) is 5.57 Å². The van der Waals surface area contributed by atoms with Gasteiger partial charge in [-0.3, -0.25) is 0 Å². The quantitative estimate of drug-likeness (QED) is 0.342.